The van der Waals surface area contributed by atoms with Crippen molar-refractivity contribution in [3.8, 4) is 0 Å². The van der Waals surface area contributed by atoms with Gasteiger partial charge < -0.3 is 15.8 Å². The van der Waals surface area contributed by atoms with E-state index in [0.29, 0.717) is 17.7 Å². The number of hydrogen-bond donors (Lipinski definition) is 2. The van der Waals surface area contributed by atoms with Gasteiger partial charge >= 0.3 is 11.7 Å². The van der Waals surface area contributed by atoms with E-state index in [0.717, 1.165) is 9.13 Å². The molecule has 30 heavy (non-hydrogen) atoms. The number of nitrogens with zero attached hydrogens (tertiary/aromatic N) is 2. The third-order valence-corrected chi connectivity index (χ3v) is 4.30. The Bertz CT molecular complexity index is 1080. The summed E-state index contributed by atoms with van der Waals surface area (Å²) in [4.78, 5) is 60.0. The van der Waals surface area contributed by atoms with Crippen LogP contribution in [0.5, 0.6) is 0 Å². The third kappa shape index (κ3) is 5.22. The fraction of sp³-hybridized carbons (Fsp3) is 0.350. The maximum atomic E-state index is 12.5. The normalized spacial score (nSPS) is 10.5. The summed E-state index contributed by atoms with van der Waals surface area (Å²) in [5.41, 5.74) is 5.26. The molecule has 1 aromatic carbocycles. The summed E-state index contributed by atoms with van der Waals surface area (Å²) in [5, 5.41) is 2.61. The summed E-state index contributed by atoms with van der Waals surface area (Å²) in [6.45, 7) is 2.78. The van der Waals surface area contributed by atoms with Gasteiger partial charge in [0.15, 0.2) is 6.61 Å². The van der Waals surface area contributed by atoms with Crippen molar-refractivity contribution in [1.29, 1.82) is 0 Å². The van der Waals surface area contributed by atoms with Crippen LogP contribution in [0.25, 0.3) is 0 Å². The number of aromatic nitrogens is 2. The standard InChI is InChI=1S/C20H24N4O6/c1-4-9-24-18(21)17(19(28)23(3)20(24)29)15(26)11-30-16(27)10-13-5-7-14(8-6-13)22-12(2)25/h5-8H,4,9-11,21H2,1-3H3,(H,22,25). The summed E-state index contributed by atoms with van der Waals surface area (Å²) >= 11 is 0. The zero-order chi connectivity index (χ0) is 22.4. The smallest absolute Gasteiger partial charge is 0.332 e. The zero-order valence-electron chi connectivity index (χ0n) is 17.1. The van der Waals surface area contributed by atoms with E-state index in [-0.39, 0.29) is 30.3 Å². The predicted molar refractivity (Wildman–Crippen MR) is 110 cm³/mol. The molecule has 0 aliphatic carbocycles. The van der Waals surface area contributed by atoms with Gasteiger partial charge in [-0.3, -0.25) is 28.3 Å². The SMILES string of the molecule is CCCn1c(N)c(C(=O)COC(=O)Cc2ccc(NC(C)=O)cc2)c(=O)n(C)c1=O. The van der Waals surface area contributed by atoms with Crippen LogP contribution >= 0.6 is 0 Å². The second kappa shape index (κ2) is 9.68. The van der Waals surface area contributed by atoms with Crippen LogP contribution in [0.4, 0.5) is 11.5 Å². The van der Waals surface area contributed by atoms with E-state index in [2.05, 4.69) is 5.32 Å². The van der Waals surface area contributed by atoms with Gasteiger partial charge in [0.25, 0.3) is 5.56 Å². The van der Waals surface area contributed by atoms with Crippen LogP contribution in [-0.4, -0.2) is 33.4 Å². The highest BCUT2D eigenvalue weighted by molar-refractivity contribution is 6.01. The van der Waals surface area contributed by atoms with Crippen molar-refractivity contribution in [2.45, 2.75) is 33.2 Å². The second-order valence-corrected chi connectivity index (χ2v) is 6.70. The Kier molecular flexibility index (Phi) is 7.29. The minimum Gasteiger partial charge on any atom is -0.457 e. The summed E-state index contributed by atoms with van der Waals surface area (Å²) in [7, 11) is 1.25. The second-order valence-electron chi connectivity index (χ2n) is 6.70. The van der Waals surface area contributed by atoms with Gasteiger partial charge in [-0.05, 0) is 24.1 Å². The Labute approximate surface area is 172 Å². The number of benzene rings is 1. The van der Waals surface area contributed by atoms with Gasteiger partial charge in [0, 0.05) is 26.2 Å². The number of ether oxygens (including phenoxy) is 1. The highest BCUT2D eigenvalue weighted by Crippen LogP contribution is 2.11. The van der Waals surface area contributed by atoms with Crippen LogP contribution in [0.15, 0.2) is 33.9 Å². The Morgan fingerprint density at radius 2 is 1.77 bits per heavy atom. The highest BCUT2D eigenvalue weighted by atomic mass is 16.5. The first-order valence-corrected chi connectivity index (χ1v) is 9.30. The number of Topliss-reactive ketones (excluding diaryl/α,β-unsaturated/α-hetero) is 1. The Hall–Kier alpha value is -3.69. The number of rotatable bonds is 8. The molecule has 160 valence electrons. The minimum absolute atomic E-state index is 0.101. The number of esters is 1. The van der Waals surface area contributed by atoms with E-state index in [1.807, 2.05) is 6.92 Å². The Morgan fingerprint density at radius 1 is 1.13 bits per heavy atom. The van der Waals surface area contributed by atoms with Gasteiger partial charge in [-0.15, -0.1) is 0 Å². The van der Waals surface area contributed by atoms with Crippen LogP contribution in [0.1, 0.15) is 36.2 Å². The van der Waals surface area contributed by atoms with E-state index in [9.17, 15) is 24.0 Å². The molecule has 0 saturated heterocycles. The average Bonchev–Trinajstić information content (AvgIpc) is 2.69. The van der Waals surface area contributed by atoms with Crippen LogP contribution in [0, 0.1) is 0 Å². The molecule has 0 bridgehead atoms. The number of ketones is 1. The van der Waals surface area contributed by atoms with E-state index in [4.69, 9.17) is 10.5 Å². The van der Waals surface area contributed by atoms with E-state index >= 15 is 0 Å². The number of anilines is 2. The molecule has 0 atom stereocenters. The van der Waals surface area contributed by atoms with Crippen molar-refractivity contribution >= 4 is 29.2 Å². The lowest BCUT2D eigenvalue weighted by molar-refractivity contribution is -0.141. The molecule has 10 heteroatoms. The molecular weight excluding hydrogens is 392 g/mol. The van der Waals surface area contributed by atoms with E-state index < -0.39 is 29.6 Å². The molecule has 10 nitrogen and oxygen atoms in total. The van der Waals surface area contributed by atoms with E-state index in [1.165, 1.54) is 14.0 Å². The third-order valence-electron chi connectivity index (χ3n) is 4.30. The van der Waals surface area contributed by atoms with Crippen molar-refractivity contribution in [1.82, 2.24) is 9.13 Å². The predicted octanol–water partition coefficient (Wildman–Crippen LogP) is 0.466. The van der Waals surface area contributed by atoms with Gasteiger partial charge in [-0.25, -0.2) is 4.79 Å². The molecule has 1 heterocycles. The first kappa shape index (κ1) is 22.6. The van der Waals surface area contributed by atoms with Crippen molar-refractivity contribution < 1.29 is 19.1 Å². The van der Waals surface area contributed by atoms with Crippen LogP contribution in [0.2, 0.25) is 0 Å². The summed E-state index contributed by atoms with van der Waals surface area (Å²) < 4.78 is 6.94. The number of hydrogen-bond acceptors (Lipinski definition) is 7. The van der Waals surface area contributed by atoms with Crippen molar-refractivity contribution in [3.63, 3.8) is 0 Å². The molecule has 0 radical (unpaired) electrons. The van der Waals surface area contributed by atoms with Gasteiger partial charge in [-0.1, -0.05) is 19.1 Å². The molecule has 0 aliphatic rings. The van der Waals surface area contributed by atoms with Gasteiger partial charge in [-0.2, -0.15) is 0 Å². The van der Waals surface area contributed by atoms with Crippen LogP contribution in [0.3, 0.4) is 0 Å². The van der Waals surface area contributed by atoms with Gasteiger partial charge in [0.05, 0.1) is 6.42 Å². The molecular formula is C20H24N4O6. The molecule has 0 aliphatic heterocycles. The maximum Gasteiger partial charge on any atom is 0.332 e. The zero-order valence-corrected chi connectivity index (χ0v) is 17.1. The summed E-state index contributed by atoms with van der Waals surface area (Å²) in [6.07, 6.45) is 0.474. The molecule has 0 spiro atoms. The summed E-state index contributed by atoms with van der Waals surface area (Å²) in [5.74, 6) is -1.91. The number of nitrogen functional groups attached to an aromatic ring is 1. The first-order valence-electron chi connectivity index (χ1n) is 9.30. The molecule has 1 aromatic heterocycles. The lowest BCUT2D eigenvalue weighted by Crippen LogP contribution is -2.43. The lowest BCUT2D eigenvalue weighted by Gasteiger charge is -2.13. The fourth-order valence-electron chi connectivity index (χ4n) is 2.83. The van der Waals surface area contributed by atoms with Crippen molar-refractivity contribution in [2.24, 2.45) is 7.05 Å². The van der Waals surface area contributed by atoms with Gasteiger partial charge in [0.2, 0.25) is 11.7 Å². The minimum atomic E-state index is -0.834. The first-order chi connectivity index (χ1) is 14.1. The molecule has 1 amide bonds. The average molecular weight is 416 g/mol. The number of carbonyl (C=O) groups is 3. The van der Waals surface area contributed by atoms with Gasteiger partial charge in [0.1, 0.15) is 11.4 Å². The summed E-state index contributed by atoms with van der Waals surface area (Å²) in [6, 6.07) is 6.55. The number of nitrogens with one attached hydrogen (secondary N) is 1. The van der Waals surface area contributed by atoms with Crippen molar-refractivity contribution in [3.05, 3.63) is 56.2 Å². The van der Waals surface area contributed by atoms with Crippen LogP contribution in [-0.2, 0) is 34.3 Å². The molecule has 2 aromatic rings. The monoisotopic (exact) mass is 416 g/mol. The topological polar surface area (TPSA) is 142 Å². The van der Waals surface area contributed by atoms with E-state index in [1.54, 1.807) is 24.3 Å². The number of nitrogens with two attached hydrogens (primary N) is 1. The number of amides is 1. The highest BCUT2D eigenvalue weighted by Gasteiger charge is 2.22. The molecule has 0 unspecified atom stereocenters. The Morgan fingerprint density at radius 3 is 2.33 bits per heavy atom. The fourth-order valence-corrected chi connectivity index (χ4v) is 2.83. The lowest BCUT2D eigenvalue weighted by atomic mass is 10.1. The van der Waals surface area contributed by atoms with Crippen LogP contribution < -0.4 is 22.3 Å². The number of carbonyl (C=O) groups excluding carboxylic acids is 3. The molecule has 0 saturated carbocycles. The van der Waals surface area contributed by atoms with Crippen molar-refractivity contribution in [2.75, 3.05) is 17.7 Å². The molecule has 3 N–H and O–H groups in total. The molecule has 2 rings (SSSR count). The largest absolute Gasteiger partial charge is 0.457 e. The Balaban J connectivity index is 2.08. The quantitative estimate of drug-likeness (QED) is 0.470. The molecule has 0 fully saturated rings. The maximum absolute atomic E-state index is 12.5.